The number of hydrogen-bond donors (Lipinski definition) is 0. The third kappa shape index (κ3) is 5.67. The Bertz CT molecular complexity index is 141. The maximum absolute atomic E-state index is 11.2. The van der Waals surface area contributed by atoms with Gasteiger partial charge in [0.1, 0.15) is 0 Å². The highest BCUT2D eigenvalue weighted by Crippen LogP contribution is 2.21. The zero-order chi connectivity index (χ0) is 10.3. The fraction of sp³-hybridized carbons (Fsp3) is 0.909. The van der Waals surface area contributed by atoms with E-state index in [1.54, 1.807) is 0 Å². The third-order valence-electron chi connectivity index (χ3n) is 2.34. The van der Waals surface area contributed by atoms with Crippen molar-refractivity contribution in [2.24, 2.45) is 11.8 Å². The first kappa shape index (κ1) is 12.5. The number of carbonyl (C=O) groups excluding carboxylic acids is 1. The highest BCUT2D eigenvalue weighted by molar-refractivity contribution is 5.69. The first-order valence-corrected chi connectivity index (χ1v) is 5.27. The van der Waals surface area contributed by atoms with E-state index in [1.807, 2.05) is 6.92 Å². The molecule has 2 heteroatoms. The molecular formula is C11H22O2. The van der Waals surface area contributed by atoms with Crippen molar-refractivity contribution in [3.05, 3.63) is 0 Å². The molecule has 1 unspecified atom stereocenters. The summed E-state index contributed by atoms with van der Waals surface area (Å²) in [7, 11) is 0. The van der Waals surface area contributed by atoms with Crippen molar-refractivity contribution in [2.75, 3.05) is 6.61 Å². The molecule has 0 aliphatic heterocycles. The quantitative estimate of drug-likeness (QED) is 0.596. The summed E-state index contributed by atoms with van der Waals surface area (Å²) in [5.74, 6) is 1.02. The Balaban J connectivity index is 3.86. The Morgan fingerprint density at radius 2 is 1.92 bits per heavy atom. The molecule has 0 radical (unpaired) electrons. The van der Waals surface area contributed by atoms with E-state index in [1.165, 1.54) is 0 Å². The third-order valence-corrected chi connectivity index (χ3v) is 2.34. The van der Waals surface area contributed by atoms with Crippen molar-refractivity contribution in [1.29, 1.82) is 0 Å². The van der Waals surface area contributed by atoms with Crippen LogP contribution in [0.25, 0.3) is 0 Å². The van der Waals surface area contributed by atoms with Gasteiger partial charge in [-0.05, 0) is 25.2 Å². The molecule has 0 fully saturated rings. The number of rotatable bonds is 6. The molecule has 2 nitrogen and oxygen atoms in total. The predicted molar refractivity (Wildman–Crippen MR) is 54.5 cm³/mol. The van der Waals surface area contributed by atoms with E-state index in [0.717, 1.165) is 12.8 Å². The van der Waals surface area contributed by atoms with Crippen LogP contribution in [0, 0.1) is 11.8 Å². The lowest BCUT2D eigenvalue weighted by Crippen LogP contribution is -2.16. The number of esters is 1. The molecule has 0 saturated heterocycles. The predicted octanol–water partition coefficient (Wildman–Crippen LogP) is 3.01. The second kappa shape index (κ2) is 6.93. The average Bonchev–Trinajstić information content (AvgIpc) is 2.04. The summed E-state index contributed by atoms with van der Waals surface area (Å²) in [6, 6.07) is 0. The SMILES string of the molecule is CCCC(CC(=O)OCC)C(C)C. The van der Waals surface area contributed by atoms with Crippen molar-refractivity contribution in [3.63, 3.8) is 0 Å². The van der Waals surface area contributed by atoms with Crippen molar-refractivity contribution < 1.29 is 9.53 Å². The van der Waals surface area contributed by atoms with Gasteiger partial charge in [0.15, 0.2) is 0 Å². The second-order valence-electron chi connectivity index (χ2n) is 3.80. The van der Waals surface area contributed by atoms with E-state index >= 15 is 0 Å². The van der Waals surface area contributed by atoms with Crippen LogP contribution in [0.15, 0.2) is 0 Å². The molecule has 0 N–H and O–H groups in total. The number of hydrogen-bond acceptors (Lipinski definition) is 2. The zero-order valence-electron chi connectivity index (χ0n) is 9.30. The molecule has 0 heterocycles. The first-order valence-electron chi connectivity index (χ1n) is 5.27. The molecule has 1 atom stereocenters. The van der Waals surface area contributed by atoms with Gasteiger partial charge in [0.05, 0.1) is 6.61 Å². The molecular weight excluding hydrogens is 164 g/mol. The Kier molecular flexibility index (Phi) is 6.65. The molecule has 13 heavy (non-hydrogen) atoms. The van der Waals surface area contributed by atoms with Crippen molar-refractivity contribution in [3.8, 4) is 0 Å². The smallest absolute Gasteiger partial charge is 0.306 e. The van der Waals surface area contributed by atoms with Crippen molar-refractivity contribution in [1.82, 2.24) is 0 Å². The molecule has 0 amide bonds. The summed E-state index contributed by atoms with van der Waals surface area (Å²) in [4.78, 5) is 11.2. The van der Waals surface area contributed by atoms with Crippen LogP contribution >= 0.6 is 0 Å². The van der Waals surface area contributed by atoms with Gasteiger partial charge in [0.25, 0.3) is 0 Å². The lowest BCUT2D eigenvalue weighted by molar-refractivity contribution is -0.144. The maximum Gasteiger partial charge on any atom is 0.306 e. The van der Waals surface area contributed by atoms with Crippen molar-refractivity contribution in [2.45, 2.75) is 47.0 Å². The summed E-state index contributed by atoms with van der Waals surface area (Å²) in [6.45, 7) is 8.83. The summed E-state index contributed by atoms with van der Waals surface area (Å²) in [5.41, 5.74) is 0. The molecule has 0 bridgehead atoms. The molecule has 0 aromatic carbocycles. The Hall–Kier alpha value is -0.530. The van der Waals surface area contributed by atoms with E-state index in [-0.39, 0.29) is 5.97 Å². The van der Waals surface area contributed by atoms with Gasteiger partial charge in [-0.2, -0.15) is 0 Å². The normalized spacial score (nSPS) is 13.0. The minimum absolute atomic E-state index is 0.0466. The summed E-state index contributed by atoms with van der Waals surface area (Å²) in [6.07, 6.45) is 2.85. The lowest BCUT2D eigenvalue weighted by atomic mass is 9.88. The van der Waals surface area contributed by atoms with E-state index in [4.69, 9.17) is 4.74 Å². The van der Waals surface area contributed by atoms with Crippen LogP contribution in [0.3, 0.4) is 0 Å². The van der Waals surface area contributed by atoms with Crippen LogP contribution in [0.2, 0.25) is 0 Å². The van der Waals surface area contributed by atoms with Crippen LogP contribution < -0.4 is 0 Å². The largest absolute Gasteiger partial charge is 0.466 e. The van der Waals surface area contributed by atoms with Gasteiger partial charge in [-0.3, -0.25) is 4.79 Å². The first-order chi connectivity index (χ1) is 6.11. The Labute approximate surface area is 81.7 Å². The highest BCUT2D eigenvalue weighted by atomic mass is 16.5. The molecule has 0 spiro atoms. The van der Waals surface area contributed by atoms with E-state index < -0.39 is 0 Å². The molecule has 0 aliphatic carbocycles. The minimum atomic E-state index is -0.0466. The van der Waals surface area contributed by atoms with Crippen LogP contribution in [0.1, 0.15) is 47.0 Å². The van der Waals surface area contributed by atoms with Gasteiger partial charge in [-0.1, -0.05) is 27.2 Å². The summed E-state index contributed by atoms with van der Waals surface area (Å²) >= 11 is 0. The van der Waals surface area contributed by atoms with Gasteiger partial charge in [-0.25, -0.2) is 0 Å². The van der Waals surface area contributed by atoms with Gasteiger partial charge in [-0.15, -0.1) is 0 Å². The fourth-order valence-electron chi connectivity index (χ4n) is 1.48. The molecule has 78 valence electrons. The number of carbonyl (C=O) groups is 1. The monoisotopic (exact) mass is 186 g/mol. The lowest BCUT2D eigenvalue weighted by Gasteiger charge is -2.18. The fourth-order valence-corrected chi connectivity index (χ4v) is 1.48. The average molecular weight is 186 g/mol. The van der Waals surface area contributed by atoms with Crippen LogP contribution in [-0.4, -0.2) is 12.6 Å². The molecule has 0 aromatic rings. The number of ether oxygens (including phenoxy) is 1. The topological polar surface area (TPSA) is 26.3 Å². The van der Waals surface area contributed by atoms with Crippen LogP contribution in [-0.2, 0) is 9.53 Å². The maximum atomic E-state index is 11.2. The van der Waals surface area contributed by atoms with Crippen LogP contribution in [0.5, 0.6) is 0 Å². The van der Waals surface area contributed by atoms with Gasteiger partial charge >= 0.3 is 5.97 Å². The van der Waals surface area contributed by atoms with Gasteiger partial charge in [0.2, 0.25) is 0 Å². The molecule has 0 aromatic heterocycles. The zero-order valence-corrected chi connectivity index (χ0v) is 9.30. The van der Waals surface area contributed by atoms with Crippen LogP contribution in [0.4, 0.5) is 0 Å². The second-order valence-corrected chi connectivity index (χ2v) is 3.80. The molecule has 0 aliphatic rings. The standard InChI is InChI=1S/C11H22O2/c1-5-7-10(9(3)4)8-11(12)13-6-2/h9-10H,5-8H2,1-4H3. The molecule has 0 rings (SSSR count). The summed E-state index contributed by atoms with van der Waals surface area (Å²) < 4.78 is 4.93. The minimum Gasteiger partial charge on any atom is -0.466 e. The van der Waals surface area contributed by atoms with Crippen molar-refractivity contribution >= 4 is 5.97 Å². The van der Waals surface area contributed by atoms with Gasteiger partial charge < -0.3 is 4.74 Å². The Morgan fingerprint density at radius 1 is 1.31 bits per heavy atom. The van der Waals surface area contributed by atoms with Gasteiger partial charge in [0, 0.05) is 6.42 Å². The van der Waals surface area contributed by atoms with E-state index in [9.17, 15) is 4.79 Å². The molecule has 0 saturated carbocycles. The Morgan fingerprint density at radius 3 is 2.31 bits per heavy atom. The summed E-state index contributed by atoms with van der Waals surface area (Å²) in [5, 5.41) is 0. The van der Waals surface area contributed by atoms with E-state index in [0.29, 0.717) is 24.9 Å². The van der Waals surface area contributed by atoms with E-state index in [2.05, 4.69) is 20.8 Å². The highest BCUT2D eigenvalue weighted by Gasteiger charge is 2.16.